The molecular weight excluding hydrogens is 314 g/mol. The van der Waals surface area contributed by atoms with Gasteiger partial charge < -0.3 is 9.42 Å². The van der Waals surface area contributed by atoms with Crippen molar-refractivity contribution >= 4 is 5.91 Å². The van der Waals surface area contributed by atoms with E-state index >= 15 is 0 Å². The van der Waals surface area contributed by atoms with E-state index in [1.807, 2.05) is 6.92 Å². The van der Waals surface area contributed by atoms with Crippen LogP contribution < -0.4 is 0 Å². The molecule has 2 aliphatic carbocycles. The van der Waals surface area contributed by atoms with Crippen LogP contribution in [0.25, 0.3) is 0 Å². The van der Waals surface area contributed by atoms with E-state index in [-0.39, 0.29) is 5.41 Å². The van der Waals surface area contributed by atoms with E-state index in [0.29, 0.717) is 11.8 Å². The van der Waals surface area contributed by atoms with Crippen molar-refractivity contribution in [3.63, 3.8) is 0 Å². The van der Waals surface area contributed by atoms with Crippen molar-refractivity contribution in [1.82, 2.24) is 15.0 Å². The van der Waals surface area contributed by atoms with E-state index in [4.69, 9.17) is 4.52 Å². The number of aromatic nitrogens is 2. The van der Waals surface area contributed by atoms with E-state index in [1.165, 1.54) is 44.9 Å². The Morgan fingerprint density at radius 1 is 1.24 bits per heavy atom. The summed E-state index contributed by atoms with van der Waals surface area (Å²) in [6.45, 7) is 3.72. The third kappa shape index (κ3) is 3.22. The Morgan fingerprint density at radius 2 is 2.08 bits per heavy atom. The highest BCUT2D eigenvalue weighted by Crippen LogP contribution is 2.49. The van der Waals surface area contributed by atoms with Gasteiger partial charge in [0.05, 0.1) is 5.41 Å². The molecular formula is C20H31N3O2. The molecule has 25 heavy (non-hydrogen) atoms. The van der Waals surface area contributed by atoms with Crippen LogP contribution in [0, 0.1) is 11.8 Å². The van der Waals surface area contributed by atoms with Crippen LogP contribution in [0.15, 0.2) is 4.52 Å². The van der Waals surface area contributed by atoms with Crippen molar-refractivity contribution in [1.29, 1.82) is 0 Å². The fraction of sp³-hybridized carbons (Fsp3) is 0.850. The van der Waals surface area contributed by atoms with Crippen molar-refractivity contribution in [2.45, 2.75) is 83.0 Å². The Balaban J connectivity index is 1.40. The van der Waals surface area contributed by atoms with Gasteiger partial charge in [0, 0.05) is 25.9 Å². The summed E-state index contributed by atoms with van der Waals surface area (Å²) in [5.74, 6) is 3.21. The first-order valence-electron chi connectivity index (χ1n) is 10.3. The highest BCUT2D eigenvalue weighted by molar-refractivity contribution is 5.76. The van der Waals surface area contributed by atoms with E-state index in [9.17, 15) is 4.79 Å². The van der Waals surface area contributed by atoms with Gasteiger partial charge in [0.25, 0.3) is 0 Å². The summed E-state index contributed by atoms with van der Waals surface area (Å²) in [5.41, 5.74) is -0.0442. The lowest BCUT2D eigenvalue weighted by Gasteiger charge is -2.25. The van der Waals surface area contributed by atoms with Gasteiger partial charge in [0.15, 0.2) is 5.82 Å². The molecule has 0 spiro atoms. The summed E-state index contributed by atoms with van der Waals surface area (Å²) in [6, 6.07) is 0. The maximum absolute atomic E-state index is 12.8. The minimum absolute atomic E-state index is 0.0442. The summed E-state index contributed by atoms with van der Waals surface area (Å²) in [5, 5.41) is 4.29. The predicted octanol–water partition coefficient (Wildman–Crippen LogP) is 3.87. The van der Waals surface area contributed by atoms with Gasteiger partial charge >= 0.3 is 0 Å². The second kappa shape index (κ2) is 7.08. The van der Waals surface area contributed by atoms with Gasteiger partial charge in [0.1, 0.15) is 0 Å². The molecule has 1 saturated heterocycles. The first-order chi connectivity index (χ1) is 12.2. The number of carbonyl (C=O) groups is 1. The molecule has 138 valence electrons. The SMILES string of the molecule is CCc1nc(C23CCCC2CN(C(=O)CCC2CCCCC2)C3)no1. The van der Waals surface area contributed by atoms with Gasteiger partial charge in [0.2, 0.25) is 11.8 Å². The summed E-state index contributed by atoms with van der Waals surface area (Å²) in [7, 11) is 0. The minimum atomic E-state index is -0.0442. The molecule has 1 amide bonds. The van der Waals surface area contributed by atoms with Gasteiger partial charge in [-0.1, -0.05) is 50.6 Å². The van der Waals surface area contributed by atoms with Crippen LogP contribution in [0.2, 0.25) is 0 Å². The van der Waals surface area contributed by atoms with Gasteiger partial charge in [-0.05, 0) is 31.1 Å². The second-order valence-electron chi connectivity index (χ2n) is 8.43. The molecule has 2 heterocycles. The lowest BCUT2D eigenvalue weighted by Crippen LogP contribution is -2.35. The van der Waals surface area contributed by atoms with Crippen LogP contribution in [0.3, 0.4) is 0 Å². The van der Waals surface area contributed by atoms with Crippen LogP contribution in [0.4, 0.5) is 0 Å². The zero-order valence-electron chi connectivity index (χ0n) is 15.5. The number of hydrogen-bond acceptors (Lipinski definition) is 4. The summed E-state index contributed by atoms with van der Waals surface area (Å²) in [6.07, 6.45) is 12.8. The molecule has 1 aliphatic heterocycles. The highest BCUT2D eigenvalue weighted by atomic mass is 16.5. The smallest absolute Gasteiger partial charge is 0.226 e. The first-order valence-corrected chi connectivity index (χ1v) is 10.3. The van der Waals surface area contributed by atoms with Gasteiger partial charge in [-0.25, -0.2) is 0 Å². The Bertz CT molecular complexity index is 608. The summed E-state index contributed by atoms with van der Waals surface area (Å²) >= 11 is 0. The van der Waals surface area contributed by atoms with E-state index in [1.54, 1.807) is 0 Å². The predicted molar refractivity (Wildman–Crippen MR) is 95.1 cm³/mol. The molecule has 2 unspecified atom stereocenters. The molecule has 0 radical (unpaired) electrons. The maximum Gasteiger partial charge on any atom is 0.226 e. The standard InChI is InChI=1S/C20H31N3O2/c1-2-17-21-19(22-25-17)20-12-6-9-16(20)13-23(14-20)18(24)11-10-15-7-4-3-5-8-15/h15-16H,2-14H2,1H3. The van der Waals surface area contributed by atoms with Crippen molar-refractivity contribution in [3.8, 4) is 0 Å². The molecule has 0 N–H and O–H groups in total. The van der Waals surface area contributed by atoms with Crippen LogP contribution in [-0.2, 0) is 16.6 Å². The Kier molecular flexibility index (Phi) is 4.83. The van der Waals surface area contributed by atoms with E-state index < -0.39 is 0 Å². The third-order valence-corrected chi connectivity index (χ3v) is 6.93. The molecule has 5 heteroatoms. The average Bonchev–Trinajstić information content (AvgIpc) is 3.33. The van der Waals surface area contributed by atoms with Gasteiger partial charge in [-0.2, -0.15) is 4.98 Å². The lowest BCUT2D eigenvalue weighted by atomic mass is 9.80. The van der Waals surface area contributed by atoms with E-state index in [2.05, 4.69) is 15.0 Å². The quantitative estimate of drug-likeness (QED) is 0.813. The fourth-order valence-corrected chi connectivity index (χ4v) is 5.41. The fourth-order valence-electron chi connectivity index (χ4n) is 5.41. The summed E-state index contributed by atoms with van der Waals surface area (Å²) < 4.78 is 5.39. The van der Waals surface area contributed by atoms with Crippen LogP contribution in [-0.4, -0.2) is 34.0 Å². The molecule has 0 aromatic carbocycles. The van der Waals surface area contributed by atoms with Crippen molar-refractivity contribution in [2.75, 3.05) is 13.1 Å². The van der Waals surface area contributed by atoms with Crippen LogP contribution >= 0.6 is 0 Å². The van der Waals surface area contributed by atoms with Crippen molar-refractivity contribution in [3.05, 3.63) is 11.7 Å². The summed E-state index contributed by atoms with van der Waals surface area (Å²) in [4.78, 5) is 19.6. The number of carbonyl (C=O) groups excluding carboxylic acids is 1. The average molecular weight is 345 g/mol. The normalized spacial score (nSPS) is 30.0. The molecule has 3 fully saturated rings. The number of likely N-dealkylation sites (tertiary alicyclic amines) is 1. The molecule has 1 aromatic heterocycles. The number of rotatable bonds is 5. The number of fused-ring (bicyclic) bond motifs is 1. The number of amides is 1. The Morgan fingerprint density at radius 3 is 2.84 bits per heavy atom. The first kappa shape index (κ1) is 17.0. The lowest BCUT2D eigenvalue weighted by molar-refractivity contribution is -0.130. The van der Waals surface area contributed by atoms with Crippen molar-refractivity contribution < 1.29 is 9.32 Å². The molecule has 5 nitrogen and oxygen atoms in total. The molecule has 3 aliphatic rings. The maximum atomic E-state index is 12.8. The Labute approximate surface area is 150 Å². The number of aryl methyl sites for hydroxylation is 1. The monoisotopic (exact) mass is 345 g/mol. The molecule has 2 atom stereocenters. The second-order valence-corrected chi connectivity index (χ2v) is 8.43. The Hall–Kier alpha value is -1.39. The third-order valence-electron chi connectivity index (χ3n) is 6.93. The molecule has 1 aromatic rings. The van der Waals surface area contributed by atoms with Crippen molar-refractivity contribution in [2.24, 2.45) is 11.8 Å². The number of hydrogen-bond donors (Lipinski definition) is 0. The molecule has 0 bridgehead atoms. The molecule has 4 rings (SSSR count). The van der Waals surface area contributed by atoms with Gasteiger partial charge in [-0.15, -0.1) is 0 Å². The van der Waals surface area contributed by atoms with E-state index in [0.717, 1.165) is 56.4 Å². The molecule has 2 saturated carbocycles. The topological polar surface area (TPSA) is 59.2 Å². The van der Waals surface area contributed by atoms with Crippen LogP contribution in [0.1, 0.15) is 82.8 Å². The van der Waals surface area contributed by atoms with Gasteiger partial charge in [-0.3, -0.25) is 4.79 Å². The minimum Gasteiger partial charge on any atom is -0.341 e. The number of nitrogens with zero attached hydrogens (tertiary/aromatic N) is 3. The largest absolute Gasteiger partial charge is 0.341 e. The zero-order chi connectivity index (χ0) is 17.3. The highest BCUT2D eigenvalue weighted by Gasteiger charge is 2.54. The van der Waals surface area contributed by atoms with Crippen LogP contribution in [0.5, 0.6) is 0 Å². The zero-order valence-corrected chi connectivity index (χ0v) is 15.5.